The molecule has 2 N–H and O–H groups in total. The highest BCUT2D eigenvalue weighted by Gasteiger charge is 2.31. The van der Waals surface area contributed by atoms with Gasteiger partial charge in [-0.3, -0.25) is 4.90 Å². The second kappa shape index (κ2) is 4.55. The molecular weight excluding hydrogens is 250 g/mol. The van der Waals surface area contributed by atoms with Crippen molar-refractivity contribution in [3.63, 3.8) is 0 Å². The van der Waals surface area contributed by atoms with Gasteiger partial charge in [0, 0.05) is 32.2 Å². The first kappa shape index (κ1) is 12.0. The molecule has 98 valence electrons. The van der Waals surface area contributed by atoms with E-state index >= 15 is 0 Å². The average molecular weight is 268 g/mol. The van der Waals surface area contributed by atoms with Crippen molar-refractivity contribution in [2.24, 2.45) is 0 Å². The fourth-order valence-corrected chi connectivity index (χ4v) is 2.72. The summed E-state index contributed by atoms with van der Waals surface area (Å²) in [5.41, 5.74) is 7.46. The number of nitrogen functional groups attached to an aromatic ring is 1. The molecule has 6 heteroatoms. The van der Waals surface area contributed by atoms with Crippen molar-refractivity contribution in [3.05, 3.63) is 11.0 Å². The predicted octanol–water partition coefficient (Wildman–Crippen LogP) is 1.31. The number of piperazine rings is 1. The molecule has 0 spiro atoms. The van der Waals surface area contributed by atoms with E-state index in [1.54, 1.807) is 0 Å². The van der Waals surface area contributed by atoms with Crippen LogP contribution in [0.2, 0.25) is 5.28 Å². The molecule has 0 amide bonds. The molecule has 1 aliphatic heterocycles. The Morgan fingerprint density at radius 2 is 1.83 bits per heavy atom. The van der Waals surface area contributed by atoms with Crippen LogP contribution < -0.4 is 10.6 Å². The van der Waals surface area contributed by atoms with E-state index in [9.17, 15) is 0 Å². The molecule has 0 bridgehead atoms. The van der Waals surface area contributed by atoms with Crippen molar-refractivity contribution in [1.29, 1.82) is 0 Å². The first-order valence-corrected chi connectivity index (χ1v) is 6.81. The maximum absolute atomic E-state index is 6.05. The third-order valence-electron chi connectivity index (χ3n) is 3.77. The molecule has 3 rings (SSSR count). The molecule has 1 aromatic rings. The molecular formula is C12H18ClN5. The van der Waals surface area contributed by atoms with Crippen LogP contribution in [-0.4, -0.2) is 47.1 Å². The SMILES string of the molecule is Cc1nc(Cl)nc(N2CCN(C3CC3)CC2)c1N. The van der Waals surface area contributed by atoms with E-state index in [1.807, 2.05) is 6.92 Å². The van der Waals surface area contributed by atoms with Crippen LogP contribution in [0.4, 0.5) is 11.5 Å². The van der Waals surface area contributed by atoms with Gasteiger partial charge >= 0.3 is 0 Å². The number of hydrogen-bond acceptors (Lipinski definition) is 5. The van der Waals surface area contributed by atoms with E-state index in [4.69, 9.17) is 17.3 Å². The minimum atomic E-state index is 0.279. The Hall–Kier alpha value is -1.07. The van der Waals surface area contributed by atoms with Crippen molar-refractivity contribution in [2.45, 2.75) is 25.8 Å². The minimum Gasteiger partial charge on any atom is -0.394 e. The summed E-state index contributed by atoms with van der Waals surface area (Å²) >= 11 is 5.92. The monoisotopic (exact) mass is 267 g/mol. The Labute approximate surface area is 112 Å². The maximum atomic E-state index is 6.05. The normalized spacial score (nSPS) is 21.3. The molecule has 2 heterocycles. The zero-order valence-corrected chi connectivity index (χ0v) is 11.3. The number of aryl methyl sites for hydroxylation is 1. The number of rotatable bonds is 2. The summed E-state index contributed by atoms with van der Waals surface area (Å²) in [7, 11) is 0. The highest BCUT2D eigenvalue weighted by Crippen LogP contribution is 2.30. The van der Waals surface area contributed by atoms with Gasteiger partial charge in [0.05, 0.1) is 11.4 Å². The number of nitrogens with zero attached hydrogens (tertiary/aromatic N) is 4. The Morgan fingerprint density at radius 3 is 2.44 bits per heavy atom. The van der Waals surface area contributed by atoms with E-state index in [-0.39, 0.29) is 5.28 Å². The first-order chi connectivity index (χ1) is 8.65. The van der Waals surface area contributed by atoms with Gasteiger partial charge in [-0.15, -0.1) is 0 Å². The van der Waals surface area contributed by atoms with Crippen LogP contribution in [0.25, 0.3) is 0 Å². The van der Waals surface area contributed by atoms with Gasteiger partial charge in [0.1, 0.15) is 0 Å². The van der Waals surface area contributed by atoms with Crippen molar-refractivity contribution in [3.8, 4) is 0 Å². The van der Waals surface area contributed by atoms with Gasteiger partial charge < -0.3 is 10.6 Å². The molecule has 0 unspecified atom stereocenters. The number of nitrogens with two attached hydrogens (primary N) is 1. The quantitative estimate of drug-likeness (QED) is 0.819. The summed E-state index contributed by atoms with van der Waals surface area (Å²) in [6.45, 7) is 5.98. The maximum Gasteiger partial charge on any atom is 0.224 e. The standard InChI is InChI=1S/C12H18ClN5/c1-8-10(14)11(16-12(13)15-8)18-6-4-17(5-7-18)9-2-3-9/h9H,2-7,14H2,1H3. The van der Waals surface area contributed by atoms with E-state index in [1.165, 1.54) is 12.8 Å². The molecule has 5 nitrogen and oxygen atoms in total. The van der Waals surface area contributed by atoms with Crippen LogP contribution in [0.3, 0.4) is 0 Å². The Morgan fingerprint density at radius 1 is 1.17 bits per heavy atom. The summed E-state index contributed by atoms with van der Waals surface area (Å²) in [5.74, 6) is 0.794. The zero-order valence-electron chi connectivity index (χ0n) is 10.6. The highest BCUT2D eigenvalue weighted by atomic mass is 35.5. The van der Waals surface area contributed by atoms with Gasteiger partial charge in [-0.2, -0.15) is 4.98 Å². The lowest BCUT2D eigenvalue weighted by atomic mass is 10.2. The lowest BCUT2D eigenvalue weighted by Crippen LogP contribution is -2.47. The van der Waals surface area contributed by atoms with Crippen molar-refractivity contribution >= 4 is 23.1 Å². The number of halogens is 1. The molecule has 1 aliphatic carbocycles. The van der Waals surface area contributed by atoms with Gasteiger partial charge in [0.15, 0.2) is 5.82 Å². The van der Waals surface area contributed by atoms with Gasteiger partial charge in [-0.05, 0) is 31.4 Å². The smallest absolute Gasteiger partial charge is 0.224 e. The average Bonchev–Trinajstić information content (AvgIpc) is 3.18. The van der Waals surface area contributed by atoms with Crippen LogP contribution >= 0.6 is 11.6 Å². The van der Waals surface area contributed by atoms with E-state index in [2.05, 4.69) is 19.8 Å². The summed E-state index contributed by atoms with van der Waals surface area (Å²) in [6.07, 6.45) is 2.72. The van der Waals surface area contributed by atoms with Gasteiger partial charge in [-0.1, -0.05) is 0 Å². The molecule has 2 aliphatic rings. The second-order valence-electron chi connectivity index (χ2n) is 5.07. The van der Waals surface area contributed by atoms with E-state index in [0.717, 1.165) is 43.7 Å². The summed E-state index contributed by atoms with van der Waals surface area (Å²) in [4.78, 5) is 13.1. The van der Waals surface area contributed by atoms with Crippen LogP contribution in [0.1, 0.15) is 18.5 Å². The first-order valence-electron chi connectivity index (χ1n) is 6.44. The number of aromatic nitrogens is 2. The van der Waals surface area contributed by atoms with Gasteiger partial charge in [0.2, 0.25) is 5.28 Å². The highest BCUT2D eigenvalue weighted by molar-refractivity contribution is 6.28. The topological polar surface area (TPSA) is 58.3 Å². The zero-order chi connectivity index (χ0) is 12.7. The Balaban J connectivity index is 1.75. The Kier molecular flexibility index (Phi) is 3.03. The fourth-order valence-electron chi connectivity index (χ4n) is 2.51. The molecule has 0 aromatic carbocycles. The third kappa shape index (κ3) is 2.24. The third-order valence-corrected chi connectivity index (χ3v) is 3.93. The molecule has 1 saturated carbocycles. The lowest BCUT2D eigenvalue weighted by molar-refractivity contribution is 0.247. The van der Waals surface area contributed by atoms with Crippen LogP contribution in [-0.2, 0) is 0 Å². The molecule has 1 aromatic heterocycles. The summed E-state index contributed by atoms with van der Waals surface area (Å²) in [5, 5.41) is 0.279. The van der Waals surface area contributed by atoms with E-state index in [0.29, 0.717) is 5.69 Å². The summed E-state index contributed by atoms with van der Waals surface area (Å²) in [6, 6.07) is 0.834. The van der Waals surface area contributed by atoms with Crippen LogP contribution in [0.5, 0.6) is 0 Å². The molecule has 0 radical (unpaired) electrons. The minimum absolute atomic E-state index is 0.279. The van der Waals surface area contributed by atoms with Crippen LogP contribution in [0, 0.1) is 6.92 Å². The van der Waals surface area contributed by atoms with Gasteiger partial charge in [0.25, 0.3) is 0 Å². The molecule has 18 heavy (non-hydrogen) atoms. The molecule has 0 atom stereocenters. The molecule has 1 saturated heterocycles. The Bertz CT molecular complexity index is 452. The largest absolute Gasteiger partial charge is 0.394 e. The summed E-state index contributed by atoms with van der Waals surface area (Å²) < 4.78 is 0. The lowest BCUT2D eigenvalue weighted by Gasteiger charge is -2.36. The number of anilines is 2. The van der Waals surface area contributed by atoms with Crippen molar-refractivity contribution in [1.82, 2.24) is 14.9 Å². The van der Waals surface area contributed by atoms with E-state index < -0.39 is 0 Å². The second-order valence-corrected chi connectivity index (χ2v) is 5.41. The number of hydrogen-bond donors (Lipinski definition) is 1. The fraction of sp³-hybridized carbons (Fsp3) is 0.667. The van der Waals surface area contributed by atoms with Crippen molar-refractivity contribution in [2.75, 3.05) is 36.8 Å². The van der Waals surface area contributed by atoms with Crippen molar-refractivity contribution < 1.29 is 0 Å². The van der Waals surface area contributed by atoms with Gasteiger partial charge in [-0.25, -0.2) is 4.98 Å². The van der Waals surface area contributed by atoms with Crippen LogP contribution in [0.15, 0.2) is 0 Å². The predicted molar refractivity (Wildman–Crippen MR) is 73.0 cm³/mol. The molecule has 2 fully saturated rings.